The molecule has 0 aliphatic heterocycles. The number of rotatable bonds is 20. The number of ether oxygens (including phenoxy) is 2. The summed E-state index contributed by atoms with van der Waals surface area (Å²) in [5.74, 6) is -3.25. The van der Waals surface area contributed by atoms with Crippen LogP contribution in [0.15, 0.2) is 58.8 Å². The Kier molecular flexibility index (Phi) is 15.4. The summed E-state index contributed by atoms with van der Waals surface area (Å²) < 4.78 is 12.3. The van der Waals surface area contributed by atoms with Gasteiger partial charge in [-0.15, -0.1) is 0 Å². The second-order valence-corrected chi connectivity index (χ2v) is 13.1. The Morgan fingerprint density at radius 1 is 0.673 bits per heavy atom. The van der Waals surface area contributed by atoms with Gasteiger partial charge >= 0.3 is 23.9 Å². The molecular weight excluding hydrogens is 706 g/mol. The normalized spacial score (nSPS) is 12.5. The molecule has 0 spiro atoms. The highest BCUT2D eigenvalue weighted by atomic mass is 16.7. The first kappa shape index (κ1) is 42.0. The SMILES string of the molecule is CCCCC(CC)Cn1c2ccc(C(=O)C(CCC(=O)OCC)=NOC(C)=O)cc2c2cc(C(=O)C(CCC(=O)OCC)=NOC(C)=O)c3ccccc3c21. The van der Waals surface area contributed by atoms with Crippen LogP contribution in [0.5, 0.6) is 0 Å². The molecule has 0 aliphatic rings. The third-order valence-corrected chi connectivity index (χ3v) is 9.19. The lowest BCUT2D eigenvalue weighted by atomic mass is 9.94. The first-order valence-electron chi connectivity index (χ1n) is 18.8. The zero-order chi connectivity index (χ0) is 40.1. The van der Waals surface area contributed by atoms with Gasteiger partial charge in [-0.2, -0.15) is 0 Å². The average molecular weight is 756 g/mol. The highest BCUT2D eigenvalue weighted by molar-refractivity contribution is 6.49. The summed E-state index contributed by atoms with van der Waals surface area (Å²) >= 11 is 0. The molecule has 292 valence electrons. The minimum Gasteiger partial charge on any atom is -0.466 e. The number of Topliss-reactive ketones (excluding diaryl/α,β-unsaturated/α-hetero) is 2. The van der Waals surface area contributed by atoms with Gasteiger partial charge in [-0.1, -0.05) is 67.7 Å². The van der Waals surface area contributed by atoms with E-state index in [9.17, 15) is 28.8 Å². The molecule has 0 saturated heterocycles. The number of ketones is 2. The Hall–Kier alpha value is -5.72. The molecular formula is C42H49N3O10. The van der Waals surface area contributed by atoms with Crippen LogP contribution in [0, 0.1) is 5.92 Å². The maximum atomic E-state index is 14.4. The zero-order valence-electron chi connectivity index (χ0n) is 32.4. The molecule has 0 radical (unpaired) electrons. The Labute approximate surface area is 320 Å². The first-order valence-corrected chi connectivity index (χ1v) is 18.8. The standard InChI is InChI=1S/C42H49N3O10/c1-7-11-14-28(8-2)25-45-37-20-17-29(41(50)35(43-54-26(5)46)18-21-38(48)52-9-3)23-32(37)33-24-34(30-15-12-13-16-31(30)40(33)45)42(51)36(44-55-27(6)47)19-22-39(49)53-10-4/h12-13,15-17,20,23-24,28H,7-11,14,18-19,21-22,25H2,1-6H3. The predicted octanol–water partition coefficient (Wildman–Crippen LogP) is 8.05. The van der Waals surface area contributed by atoms with E-state index >= 15 is 0 Å². The molecule has 0 saturated carbocycles. The van der Waals surface area contributed by atoms with Crippen LogP contribution in [0.4, 0.5) is 0 Å². The van der Waals surface area contributed by atoms with E-state index in [1.54, 1.807) is 32.0 Å². The number of oxime groups is 2. The lowest BCUT2D eigenvalue weighted by Gasteiger charge is -2.18. The van der Waals surface area contributed by atoms with Crippen molar-refractivity contribution in [2.24, 2.45) is 16.2 Å². The van der Waals surface area contributed by atoms with Gasteiger partial charge < -0.3 is 23.7 Å². The second-order valence-electron chi connectivity index (χ2n) is 13.1. The van der Waals surface area contributed by atoms with E-state index in [4.69, 9.17) is 19.1 Å². The van der Waals surface area contributed by atoms with Crippen LogP contribution in [-0.4, -0.2) is 64.6 Å². The molecule has 4 aromatic rings. The summed E-state index contributed by atoms with van der Waals surface area (Å²) in [7, 11) is 0. The van der Waals surface area contributed by atoms with Crippen LogP contribution in [0.1, 0.15) is 114 Å². The molecule has 1 aromatic heterocycles. The fourth-order valence-corrected chi connectivity index (χ4v) is 6.53. The minimum absolute atomic E-state index is 0.125. The number of esters is 2. The van der Waals surface area contributed by atoms with Crippen molar-refractivity contribution < 1.29 is 47.9 Å². The van der Waals surface area contributed by atoms with Crippen molar-refractivity contribution in [1.82, 2.24) is 4.57 Å². The fraction of sp³-hybridized carbons (Fsp3) is 0.429. The van der Waals surface area contributed by atoms with Gasteiger partial charge in [-0.3, -0.25) is 19.2 Å². The Morgan fingerprint density at radius 3 is 1.80 bits per heavy atom. The molecule has 3 aromatic carbocycles. The number of aromatic nitrogens is 1. The molecule has 13 heteroatoms. The van der Waals surface area contributed by atoms with Gasteiger partial charge in [-0.05, 0) is 55.8 Å². The van der Waals surface area contributed by atoms with Gasteiger partial charge in [0, 0.05) is 66.0 Å². The quantitative estimate of drug-likeness (QED) is 0.0283. The van der Waals surface area contributed by atoms with Crippen molar-refractivity contribution in [3.63, 3.8) is 0 Å². The molecule has 0 fully saturated rings. The van der Waals surface area contributed by atoms with Gasteiger partial charge in [0.25, 0.3) is 0 Å². The fourth-order valence-electron chi connectivity index (χ4n) is 6.53. The van der Waals surface area contributed by atoms with E-state index in [1.807, 2.05) is 30.3 Å². The monoisotopic (exact) mass is 755 g/mol. The van der Waals surface area contributed by atoms with Crippen molar-refractivity contribution in [1.29, 1.82) is 0 Å². The van der Waals surface area contributed by atoms with Crippen LogP contribution >= 0.6 is 0 Å². The maximum Gasteiger partial charge on any atom is 0.331 e. The number of nitrogens with zero attached hydrogens (tertiary/aromatic N) is 3. The summed E-state index contributed by atoms with van der Waals surface area (Å²) in [4.78, 5) is 86.1. The van der Waals surface area contributed by atoms with Crippen molar-refractivity contribution >= 4 is 79.4 Å². The van der Waals surface area contributed by atoms with Gasteiger partial charge in [0.1, 0.15) is 11.4 Å². The first-order chi connectivity index (χ1) is 26.4. The summed E-state index contributed by atoms with van der Waals surface area (Å²) in [6.45, 7) is 11.0. The van der Waals surface area contributed by atoms with E-state index in [-0.39, 0.29) is 61.4 Å². The number of fused-ring (bicyclic) bond motifs is 5. The Morgan fingerprint density at radius 2 is 1.25 bits per heavy atom. The third kappa shape index (κ3) is 10.7. The molecule has 0 bridgehead atoms. The molecule has 13 nitrogen and oxygen atoms in total. The number of carbonyl (C=O) groups is 6. The zero-order valence-corrected chi connectivity index (χ0v) is 32.4. The van der Waals surface area contributed by atoms with Crippen LogP contribution in [0.3, 0.4) is 0 Å². The summed E-state index contributed by atoms with van der Waals surface area (Å²) in [6, 6.07) is 14.5. The highest BCUT2D eigenvalue weighted by Gasteiger charge is 2.26. The lowest BCUT2D eigenvalue weighted by molar-refractivity contribution is -0.143. The van der Waals surface area contributed by atoms with Crippen molar-refractivity contribution in [2.45, 2.75) is 99.5 Å². The molecule has 1 heterocycles. The van der Waals surface area contributed by atoms with Gasteiger partial charge in [-0.25, -0.2) is 9.59 Å². The summed E-state index contributed by atoms with van der Waals surface area (Å²) in [5, 5.41) is 10.4. The van der Waals surface area contributed by atoms with E-state index in [0.717, 1.165) is 56.0 Å². The van der Waals surface area contributed by atoms with Crippen molar-refractivity contribution in [3.8, 4) is 0 Å². The number of carbonyl (C=O) groups excluding carboxylic acids is 6. The van der Waals surface area contributed by atoms with Gasteiger partial charge in [0.15, 0.2) is 0 Å². The van der Waals surface area contributed by atoms with Crippen LogP contribution in [0.25, 0.3) is 32.6 Å². The van der Waals surface area contributed by atoms with E-state index in [0.29, 0.717) is 28.6 Å². The highest BCUT2D eigenvalue weighted by Crippen LogP contribution is 2.38. The minimum atomic E-state index is -0.727. The molecule has 0 amide bonds. The van der Waals surface area contributed by atoms with E-state index in [2.05, 4.69) is 28.7 Å². The maximum absolute atomic E-state index is 14.4. The summed E-state index contributed by atoms with van der Waals surface area (Å²) in [6.07, 6.45) is 3.52. The van der Waals surface area contributed by atoms with Crippen LogP contribution < -0.4 is 0 Å². The predicted molar refractivity (Wildman–Crippen MR) is 209 cm³/mol. The lowest BCUT2D eigenvalue weighted by Crippen LogP contribution is -2.18. The van der Waals surface area contributed by atoms with Gasteiger partial charge in [0.2, 0.25) is 11.6 Å². The topological polar surface area (TPSA) is 169 Å². The molecule has 55 heavy (non-hydrogen) atoms. The molecule has 4 rings (SSSR count). The Balaban J connectivity index is 1.98. The van der Waals surface area contributed by atoms with Crippen LogP contribution in [0.2, 0.25) is 0 Å². The van der Waals surface area contributed by atoms with Gasteiger partial charge in [0.05, 0.1) is 31.6 Å². The average Bonchev–Trinajstić information content (AvgIpc) is 3.47. The largest absolute Gasteiger partial charge is 0.466 e. The number of hydrogen-bond acceptors (Lipinski definition) is 12. The number of hydrogen-bond donors (Lipinski definition) is 0. The van der Waals surface area contributed by atoms with Crippen molar-refractivity contribution in [3.05, 3.63) is 59.7 Å². The number of unbranched alkanes of at least 4 members (excludes halogenated alkanes) is 1. The smallest absolute Gasteiger partial charge is 0.331 e. The summed E-state index contributed by atoms with van der Waals surface area (Å²) in [5.41, 5.74) is 1.92. The van der Waals surface area contributed by atoms with Crippen molar-refractivity contribution in [2.75, 3.05) is 13.2 Å². The molecule has 0 N–H and O–H groups in total. The number of benzene rings is 3. The second kappa shape index (κ2) is 20.1. The van der Waals surface area contributed by atoms with Crippen LogP contribution in [-0.2, 0) is 44.9 Å². The van der Waals surface area contributed by atoms with E-state index < -0.39 is 35.4 Å². The molecule has 0 aliphatic carbocycles. The molecule has 1 atom stereocenters. The van der Waals surface area contributed by atoms with E-state index in [1.165, 1.54) is 0 Å². The third-order valence-electron chi connectivity index (χ3n) is 9.19. The Bertz CT molecular complexity index is 2150. The molecule has 1 unspecified atom stereocenters.